The van der Waals surface area contributed by atoms with Crippen molar-refractivity contribution >= 4 is 28.8 Å². The molecule has 0 aromatic carbocycles. The van der Waals surface area contributed by atoms with Crippen molar-refractivity contribution in [3.05, 3.63) is 50.4 Å². The smallest absolute Gasteiger partial charge is 0.251 e. The third kappa shape index (κ3) is 3.78. The molecule has 1 N–H and O–H groups in total. The Bertz CT molecular complexity index is 575. The standard InChI is InChI=1S/C14H15ClN2OS/c1-3-11-4-5-12(19-11)8-16-14(18)10-6-9(2)17-13(15)7-10/h4-7H,3,8H2,1-2H3,(H,16,18). The van der Waals surface area contributed by atoms with Crippen molar-refractivity contribution in [1.82, 2.24) is 10.3 Å². The summed E-state index contributed by atoms with van der Waals surface area (Å²) in [5, 5.41) is 3.23. The summed E-state index contributed by atoms with van der Waals surface area (Å²) in [5.74, 6) is -0.126. The number of pyridine rings is 1. The maximum atomic E-state index is 12.0. The molecule has 0 spiro atoms. The quantitative estimate of drug-likeness (QED) is 0.876. The molecule has 2 aromatic heterocycles. The van der Waals surface area contributed by atoms with E-state index in [1.165, 1.54) is 4.88 Å². The summed E-state index contributed by atoms with van der Waals surface area (Å²) in [6.07, 6.45) is 1.03. The largest absolute Gasteiger partial charge is 0.347 e. The highest BCUT2D eigenvalue weighted by molar-refractivity contribution is 7.11. The van der Waals surface area contributed by atoms with E-state index in [-0.39, 0.29) is 5.91 Å². The van der Waals surface area contributed by atoms with E-state index < -0.39 is 0 Å². The molecule has 100 valence electrons. The van der Waals surface area contributed by atoms with Gasteiger partial charge in [-0.3, -0.25) is 4.79 Å². The molecule has 0 aliphatic carbocycles. The molecule has 2 heterocycles. The normalized spacial score (nSPS) is 10.5. The average Bonchev–Trinajstić information content (AvgIpc) is 2.82. The summed E-state index contributed by atoms with van der Waals surface area (Å²) < 4.78 is 0. The van der Waals surface area contributed by atoms with E-state index in [0.717, 1.165) is 17.0 Å². The summed E-state index contributed by atoms with van der Waals surface area (Å²) >= 11 is 7.57. The fraction of sp³-hybridized carbons (Fsp3) is 0.286. The van der Waals surface area contributed by atoms with Crippen LogP contribution in [0.5, 0.6) is 0 Å². The molecule has 0 fully saturated rings. The molecular weight excluding hydrogens is 280 g/mol. The number of nitrogens with zero attached hydrogens (tertiary/aromatic N) is 1. The number of hydrogen-bond donors (Lipinski definition) is 1. The van der Waals surface area contributed by atoms with E-state index in [2.05, 4.69) is 29.4 Å². The lowest BCUT2D eigenvalue weighted by molar-refractivity contribution is 0.0951. The first kappa shape index (κ1) is 14.0. The van der Waals surface area contributed by atoms with Crippen LogP contribution in [0.4, 0.5) is 0 Å². The molecule has 0 bridgehead atoms. The Morgan fingerprint density at radius 2 is 2.11 bits per heavy atom. The lowest BCUT2D eigenvalue weighted by Gasteiger charge is -2.05. The highest BCUT2D eigenvalue weighted by atomic mass is 35.5. The molecule has 3 nitrogen and oxygen atoms in total. The van der Waals surface area contributed by atoms with Crippen molar-refractivity contribution in [3.8, 4) is 0 Å². The van der Waals surface area contributed by atoms with Crippen molar-refractivity contribution in [3.63, 3.8) is 0 Å². The molecular formula is C14H15ClN2OS. The van der Waals surface area contributed by atoms with Crippen LogP contribution in [0.3, 0.4) is 0 Å². The Balaban J connectivity index is 2.00. The molecule has 1 amide bonds. The molecule has 5 heteroatoms. The van der Waals surface area contributed by atoms with Crippen molar-refractivity contribution in [2.75, 3.05) is 0 Å². The van der Waals surface area contributed by atoms with Crippen LogP contribution >= 0.6 is 22.9 Å². The van der Waals surface area contributed by atoms with E-state index in [4.69, 9.17) is 11.6 Å². The molecule has 0 atom stereocenters. The van der Waals surface area contributed by atoms with Crippen molar-refractivity contribution in [2.24, 2.45) is 0 Å². The number of hydrogen-bond acceptors (Lipinski definition) is 3. The first-order valence-corrected chi connectivity index (χ1v) is 7.28. The van der Waals surface area contributed by atoms with E-state index in [1.807, 2.05) is 6.92 Å². The maximum Gasteiger partial charge on any atom is 0.251 e. The number of carbonyl (C=O) groups excluding carboxylic acids is 1. The first-order chi connectivity index (χ1) is 9.08. The number of aryl methyl sites for hydroxylation is 2. The summed E-state index contributed by atoms with van der Waals surface area (Å²) in [7, 11) is 0. The third-order valence-corrected chi connectivity index (χ3v) is 4.10. The number of amides is 1. The van der Waals surface area contributed by atoms with Crippen LogP contribution in [0.15, 0.2) is 24.3 Å². The van der Waals surface area contributed by atoms with Crippen LogP contribution in [0.1, 0.15) is 32.7 Å². The molecule has 2 rings (SSSR count). The van der Waals surface area contributed by atoms with E-state index in [0.29, 0.717) is 17.3 Å². The van der Waals surface area contributed by atoms with Gasteiger partial charge in [0, 0.05) is 21.0 Å². The molecule has 2 aromatic rings. The molecule has 0 radical (unpaired) electrons. The van der Waals surface area contributed by atoms with Gasteiger partial charge in [-0.05, 0) is 37.6 Å². The van der Waals surface area contributed by atoms with Gasteiger partial charge in [0.1, 0.15) is 5.15 Å². The second kappa shape index (κ2) is 6.17. The SMILES string of the molecule is CCc1ccc(CNC(=O)c2cc(C)nc(Cl)c2)s1. The Morgan fingerprint density at radius 3 is 2.74 bits per heavy atom. The van der Waals surface area contributed by atoms with Crippen molar-refractivity contribution < 1.29 is 4.79 Å². The lowest BCUT2D eigenvalue weighted by Crippen LogP contribution is -2.22. The first-order valence-electron chi connectivity index (χ1n) is 6.08. The van der Waals surface area contributed by atoms with Crippen molar-refractivity contribution in [1.29, 1.82) is 0 Å². The predicted octanol–water partition coefficient (Wildman–Crippen LogP) is 3.60. The van der Waals surface area contributed by atoms with Gasteiger partial charge in [-0.15, -0.1) is 11.3 Å². The zero-order valence-electron chi connectivity index (χ0n) is 10.9. The molecule has 19 heavy (non-hydrogen) atoms. The number of nitrogens with one attached hydrogen (secondary N) is 1. The van der Waals surface area contributed by atoms with Gasteiger partial charge < -0.3 is 5.32 Å². The van der Waals surface area contributed by atoms with E-state index >= 15 is 0 Å². The van der Waals surface area contributed by atoms with Gasteiger partial charge in [0.2, 0.25) is 0 Å². The van der Waals surface area contributed by atoms with Crippen LogP contribution in [-0.2, 0) is 13.0 Å². The third-order valence-electron chi connectivity index (χ3n) is 2.67. The van der Waals surface area contributed by atoms with Crippen LogP contribution in [0, 0.1) is 6.92 Å². The number of rotatable bonds is 4. The zero-order valence-corrected chi connectivity index (χ0v) is 12.4. The Kier molecular flexibility index (Phi) is 4.56. The van der Waals surface area contributed by atoms with Gasteiger partial charge in [0.25, 0.3) is 5.91 Å². The minimum atomic E-state index is -0.126. The monoisotopic (exact) mass is 294 g/mol. The van der Waals surface area contributed by atoms with Gasteiger partial charge in [0.15, 0.2) is 0 Å². The van der Waals surface area contributed by atoms with Crippen LogP contribution < -0.4 is 5.32 Å². The van der Waals surface area contributed by atoms with Crippen molar-refractivity contribution in [2.45, 2.75) is 26.8 Å². The Labute approximate surface area is 121 Å². The number of aromatic nitrogens is 1. The summed E-state index contributed by atoms with van der Waals surface area (Å²) in [6.45, 7) is 4.48. The minimum absolute atomic E-state index is 0.126. The van der Waals surface area contributed by atoms with Crippen LogP contribution in [0.25, 0.3) is 0 Å². The fourth-order valence-electron chi connectivity index (χ4n) is 1.74. The van der Waals surface area contributed by atoms with Gasteiger partial charge in [0.05, 0.1) is 6.54 Å². The predicted molar refractivity (Wildman–Crippen MR) is 78.9 cm³/mol. The highest BCUT2D eigenvalue weighted by Gasteiger charge is 2.08. The fourth-order valence-corrected chi connectivity index (χ4v) is 2.88. The van der Waals surface area contributed by atoms with Gasteiger partial charge in [-0.2, -0.15) is 0 Å². The average molecular weight is 295 g/mol. The summed E-state index contributed by atoms with van der Waals surface area (Å²) in [4.78, 5) is 18.5. The van der Waals surface area contributed by atoms with Crippen LogP contribution in [0.2, 0.25) is 5.15 Å². The van der Waals surface area contributed by atoms with Crippen LogP contribution in [-0.4, -0.2) is 10.9 Å². The second-order valence-electron chi connectivity index (χ2n) is 4.22. The molecule has 0 aliphatic rings. The Morgan fingerprint density at radius 1 is 1.37 bits per heavy atom. The number of thiophene rings is 1. The van der Waals surface area contributed by atoms with E-state index in [9.17, 15) is 4.79 Å². The lowest BCUT2D eigenvalue weighted by atomic mass is 10.2. The summed E-state index contributed by atoms with van der Waals surface area (Å²) in [5.41, 5.74) is 1.28. The van der Waals surface area contributed by atoms with Gasteiger partial charge >= 0.3 is 0 Å². The van der Waals surface area contributed by atoms with E-state index in [1.54, 1.807) is 23.5 Å². The Hall–Kier alpha value is -1.39. The number of carbonyl (C=O) groups is 1. The van der Waals surface area contributed by atoms with Gasteiger partial charge in [-0.1, -0.05) is 18.5 Å². The highest BCUT2D eigenvalue weighted by Crippen LogP contribution is 2.17. The maximum absolute atomic E-state index is 12.0. The van der Waals surface area contributed by atoms with Gasteiger partial charge in [-0.25, -0.2) is 4.98 Å². The zero-order chi connectivity index (χ0) is 13.8. The topological polar surface area (TPSA) is 42.0 Å². The number of halogens is 1. The molecule has 0 saturated heterocycles. The minimum Gasteiger partial charge on any atom is -0.347 e. The molecule has 0 unspecified atom stereocenters. The molecule has 0 saturated carbocycles. The second-order valence-corrected chi connectivity index (χ2v) is 5.86. The summed E-state index contributed by atoms with van der Waals surface area (Å²) in [6, 6.07) is 7.46. The molecule has 0 aliphatic heterocycles.